The zero-order chi connectivity index (χ0) is 13.9. The SMILES string of the molecule is CC(C)Oc1ncnc2c1CCN([C@@H]1CCOC1)CC2. The second-order valence-corrected chi connectivity index (χ2v) is 5.82. The highest BCUT2D eigenvalue weighted by Crippen LogP contribution is 2.25. The maximum atomic E-state index is 5.83. The lowest BCUT2D eigenvalue weighted by atomic mass is 10.1. The average Bonchev–Trinajstić information content (AvgIpc) is 2.85. The van der Waals surface area contributed by atoms with Crippen LogP contribution in [0.15, 0.2) is 6.33 Å². The number of hydrogen-bond acceptors (Lipinski definition) is 5. The lowest BCUT2D eigenvalue weighted by Gasteiger charge is -2.25. The Morgan fingerprint density at radius 3 is 2.90 bits per heavy atom. The van der Waals surface area contributed by atoms with Crippen LogP contribution in [0.2, 0.25) is 0 Å². The van der Waals surface area contributed by atoms with Gasteiger partial charge in [-0.3, -0.25) is 4.90 Å². The molecule has 0 aromatic carbocycles. The molecular formula is C15H23N3O2. The lowest BCUT2D eigenvalue weighted by molar-refractivity contribution is 0.146. The van der Waals surface area contributed by atoms with Gasteiger partial charge in [0.2, 0.25) is 5.88 Å². The first-order valence-electron chi connectivity index (χ1n) is 7.55. The Kier molecular flexibility index (Phi) is 4.17. The van der Waals surface area contributed by atoms with E-state index in [2.05, 4.69) is 14.9 Å². The number of ether oxygens (including phenoxy) is 2. The summed E-state index contributed by atoms with van der Waals surface area (Å²) in [5, 5.41) is 0. The Hall–Kier alpha value is -1.20. The molecule has 1 fully saturated rings. The van der Waals surface area contributed by atoms with E-state index >= 15 is 0 Å². The first kappa shape index (κ1) is 13.8. The molecule has 20 heavy (non-hydrogen) atoms. The van der Waals surface area contributed by atoms with E-state index in [-0.39, 0.29) is 6.10 Å². The molecule has 0 aliphatic carbocycles. The number of aromatic nitrogens is 2. The molecule has 5 heteroatoms. The normalized spacial score (nSPS) is 23.6. The third-order valence-electron chi connectivity index (χ3n) is 4.05. The highest BCUT2D eigenvalue weighted by atomic mass is 16.5. The van der Waals surface area contributed by atoms with Crippen molar-refractivity contribution < 1.29 is 9.47 Å². The Labute approximate surface area is 120 Å². The molecule has 1 atom stereocenters. The smallest absolute Gasteiger partial charge is 0.220 e. The van der Waals surface area contributed by atoms with Crippen LogP contribution in [0.3, 0.4) is 0 Å². The molecule has 0 amide bonds. The predicted molar refractivity (Wildman–Crippen MR) is 76.0 cm³/mol. The molecule has 5 nitrogen and oxygen atoms in total. The van der Waals surface area contributed by atoms with Gasteiger partial charge in [0.15, 0.2) is 0 Å². The summed E-state index contributed by atoms with van der Waals surface area (Å²) in [5.41, 5.74) is 2.35. The molecule has 0 spiro atoms. The van der Waals surface area contributed by atoms with E-state index in [1.165, 1.54) is 5.56 Å². The fourth-order valence-electron chi connectivity index (χ4n) is 3.01. The molecule has 0 saturated carbocycles. The summed E-state index contributed by atoms with van der Waals surface area (Å²) in [6.07, 6.45) is 4.87. The molecular weight excluding hydrogens is 254 g/mol. The third-order valence-corrected chi connectivity index (χ3v) is 4.05. The average molecular weight is 277 g/mol. The number of fused-ring (bicyclic) bond motifs is 1. The fraction of sp³-hybridized carbons (Fsp3) is 0.733. The molecule has 1 saturated heterocycles. The van der Waals surface area contributed by atoms with Gasteiger partial charge < -0.3 is 9.47 Å². The van der Waals surface area contributed by atoms with Gasteiger partial charge in [-0.2, -0.15) is 0 Å². The van der Waals surface area contributed by atoms with Gasteiger partial charge in [0.1, 0.15) is 6.33 Å². The van der Waals surface area contributed by atoms with Gasteiger partial charge in [0.05, 0.1) is 18.4 Å². The molecule has 0 bridgehead atoms. The second kappa shape index (κ2) is 6.06. The predicted octanol–water partition coefficient (Wildman–Crippen LogP) is 1.45. The van der Waals surface area contributed by atoms with Gasteiger partial charge in [-0.25, -0.2) is 9.97 Å². The molecule has 2 aliphatic heterocycles. The summed E-state index contributed by atoms with van der Waals surface area (Å²) >= 11 is 0. The van der Waals surface area contributed by atoms with E-state index in [1.54, 1.807) is 6.33 Å². The van der Waals surface area contributed by atoms with Crippen LogP contribution in [-0.2, 0) is 17.6 Å². The highest BCUT2D eigenvalue weighted by Gasteiger charge is 2.26. The zero-order valence-electron chi connectivity index (χ0n) is 12.3. The molecule has 1 aromatic heterocycles. The van der Waals surface area contributed by atoms with Crippen LogP contribution in [0.5, 0.6) is 5.88 Å². The Morgan fingerprint density at radius 2 is 2.15 bits per heavy atom. The van der Waals surface area contributed by atoms with Crippen molar-refractivity contribution in [3.63, 3.8) is 0 Å². The van der Waals surface area contributed by atoms with Crippen LogP contribution < -0.4 is 4.74 Å². The first-order valence-corrected chi connectivity index (χ1v) is 7.55. The minimum atomic E-state index is 0.150. The van der Waals surface area contributed by atoms with Gasteiger partial charge in [-0.15, -0.1) is 0 Å². The minimum Gasteiger partial charge on any atom is -0.475 e. The lowest BCUT2D eigenvalue weighted by Crippen LogP contribution is -2.37. The molecule has 3 heterocycles. The summed E-state index contributed by atoms with van der Waals surface area (Å²) in [7, 11) is 0. The van der Waals surface area contributed by atoms with E-state index in [1.807, 2.05) is 13.8 Å². The van der Waals surface area contributed by atoms with Crippen molar-refractivity contribution in [2.24, 2.45) is 0 Å². The largest absolute Gasteiger partial charge is 0.475 e. The van der Waals surface area contributed by atoms with Gasteiger partial charge in [0, 0.05) is 37.7 Å². The molecule has 2 aliphatic rings. The first-order chi connectivity index (χ1) is 9.74. The van der Waals surface area contributed by atoms with Crippen molar-refractivity contribution in [1.82, 2.24) is 14.9 Å². The fourth-order valence-corrected chi connectivity index (χ4v) is 3.01. The van der Waals surface area contributed by atoms with Gasteiger partial charge in [-0.1, -0.05) is 0 Å². The quantitative estimate of drug-likeness (QED) is 0.837. The molecule has 0 unspecified atom stereocenters. The van der Waals surface area contributed by atoms with Crippen LogP contribution >= 0.6 is 0 Å². The topological polar surface area (TPSA) is 47.5 Å². The molecule has 1 aromatic rings. The van der Waals surface area contributed by atoms with Gasteiger partial charge >= 0.3 is 0 Å². The van der Waals surface area contributed by atoms with E-state index < -0.39 is 0 Å². The van der Waals surface area contributed by atoms with Crippen molar-refractivity contribution in [2.45, 2.75) is 45.3 Å². The standard InChI is InChI=1S/C15H23N3O2/c1-11(2)20-15-13-3-6-18(12-5-8-19-9-12)7-4-14(13)16-10-17-15/h10-12H,3-9H2,1-2H3/t12-/m1/s1. The minimum absolute atomic E-state index is 0.150. The summed E-state index contributed by atoms with van der Waals surface area (Å²) < 4.78 is 11.3. The maximum Gasteiger partial charge on any atom is 0.220 e. The second-order valence-electron chi connectivity index (χ2n) is 5.82. The molecule has 0 radical (unpaired) electrons. The monoisotopic (exact) mass is 277 g/mol. The van der Waals surface area contributed by atoms with Crippen molar-refractivity contribution in [1.29, 1.82) is 0 Å². The molecule has 110 valence electrons. The van der Waals surface area contributed by atoms with Crippen molar-refractivity contribution in [3.8, 4) is 5.88 Å². The number of hydrogen-bond donors (Lipinski definition) is 0. The summed E-state index contributed by atoms with van der Waals surface area (Å²) in [6, 6.07) is 0.576. The van der Waals surface area contributed by atoms with E-state index in [4.69, 9.17) is 9.47 Å². The molecule has 0 N–H and O–H groups in total. The van der Waals surface area contributed by atoms with Crippen LogP contribution in [-0.4, -0.2) is 53.3 Å². The van der Waals surface area contributed by atoms with E-state index in [9.17, 15) is 0 Å². The van der Waals surface area contributed by atoms with Crippen LogP contribution in [0.4, 0.5) is 0 Å². The van der Waals surface area contributed by atoms with E-state index in [0.717, 1.165) is 57.1 Å². The summed E-state index contributed by atoms with van der Waals surface area (Å²) in [5.74, 6) is 0.773. The zero-order valence-corrected chi connectivity index (χ0v) is 12.3. The third kappa shape index (κ3) is 2.94. The van der Waals surface area contributed by atoms with Crippen LogP contribution in [0, 0.1) is 0 Å². The number of nitrogens with zero attached hydrogens (tertiary/aromatic N) is 3. The van der Waals surface area contributed by atoms with Crippen LogP contribution in [0.25, 0.3) is 0 Å². The van der Waals surface area contributed by atoms with E-state index in [0.29, 0.717) is 6.04 Å². The summed E-state index contributed by atoms with van der Waals surface area (Å²) in [4.78, 5) is 11.3. The maximum absolute atomic E-state index is 5.83. The van der Waals surface area contributed by atoms with Crippen molar-refractivity contribution in [3.05, 3.63) is 17.6 Å². The van der Waals surface area contributed by atoms with Crippen molar-refractivity contribution in [2.75, 3.05) is 26.3 Å². The number of rotatable bonds is 3. The van der Waals surface area contributed by atoms with Crippen molar-refractivity contribution >= 4 is 0 Å². The van der Waals surface area contributed by atoms with Gasteiger partial charge in [0.25, 0.3) is 0 Å². The Morgan fingerprint density at radius 1 is 1.30 bits per heavy atom. The highest BCUT2D eigenvalue weighted by molar-refractivity contribution is 5.31. The summed E-state index contributed by atoms with van der Waals surface area (Å²) in [6.45, 7) is 7.94. The van der Waals surface area contributed by atoms with Crippen LogP contribution in [0.1, 0.15) is 31.5 Å². The molecule has 3 rings (SSSR count). The Balaban J connectivity index is 1.75. The van der Waals surface area contributed by atoms with Gasteiger partial charge in [-0.05, 0) is 26.7 Å². The Bertz CT molecular complexity index is 458.